The van der Waals surface area contributed by atoms with Gasteiger partial charge < -0.3 is 24.1 Å². The van der Waals surface area contributed by atoms with Gasteiger partial charge in [-0.2, -0.15) is 0 Å². The van der Waals surface area contributed by atoms with Gasteiger partial charge in [0.05, 0.1) is 0 Å². The average Bonchev–Trinajstić information content (AvgIpc) is 3.19. The van der Waals surface area contributed by atoms with E-state index in [2.05, 4.69) is 27.7 Å². The Balaban J connectivity index is 1.77. The number of carboxylic acid groups (broad SMARTS) is 1. The third-order valence-corrected chi connectivity index (χ3v) is 11.9. The molecule has 4 aliphatic carbocycles. The largest absolute Gasteiger partial charge is 0.550 e. The lowest BCUT2D eigenvalue weighted by Crippen LogP contribution is -2.68. The van der Waals surface area contributed by atoms with Gasteiger partial charge in [0, 0.05) is 37.6 Å². The molecule has 4 aliphatic rings. The maximum absolute atomic E-state index is 12.5. The molecular weight excluding hydrogens is 500 g/mol. The van der Waals surface area contributed by atoms with Gasteiger partial charge in [0.2, 0.25) is 0 Å². The van der Waals surface area contributed by atoms with Crippen LogP contribution < -0.4 is 5.11 Å². The number of ether oxygens (including phenoxy) is 3. The summed E-state index contributed by atoms with van der Waals surface area (Å²) in [6.07, 6.45) is 5.43. The number of rotatable bonds is 7. The van der Waals surface area contributed by atoms with E-state index < -0.39 is 5.97 Å². The van der Waals surface area contributed by atoms with Gasteiger partial charge in [-0.25, -0.2) is 0 Å². The van der Waals surface area contributed by atoms with Crippen LogP contribution in [0.1, 0.15) is 106 Å². The molecular formula is C31H47O8-. The van der Waals surface area contributed by atoms with Crippen LogP contribution in [0.25, 0.3) is 0 Å². The highest BCUT2D eigenvalue weighted by Gasteiger charge is 2.72. The Bertz CT molecular complexity index is 993. The van der Waals surface area contributed by atoms with Crippen LogP contribution in [0, 0.1) is 45.8 Å². The minimum absolute atomic E-state index is 0.00978. The highest BCUT2D eigenvalue weighted by atomic mass is 16.6. The summed E-state index contributed by atoms with van der Waals surface area (Å²) >= 11 is 0. The highest BCUT2D eigenvalue weighted by molar-refractivity contribution is 5.67. The van der Waals surface area contributed by atoms with Crippen LogP contribution >= 0.6 is 0 Å². The summed E-state index contributed by atoms with van der Waals surface area (Å²) in [4.78, 5) is 47.9. The molecule has 0 spiro atoms. The second-order valence-electron chi connectivity index (χ2n) is 13.8. The zero-order valence-corrected chi connectivity index (χ0v) is 24.7. The molecule has 39 heavy (non-hydrogen) atoms. The van der Waals surface area contributed by atoms with E-state index in [0.29, 0.717) is 12.8 Å². The number of carbonyl (C=O) groups is 4. The second kappa shape index (κ2) is 10.7. The second-order valence-corrected chi connectivity index (χ2v) is 13.8. The van der Waals surface area contributed by atoms with Crippen molar-refractivity contribution in [2.45, 2.75) is 125 Å². The van der Waals surface area contributed by atoms with Gasteiger partial charge in [-0.1, -0.05) is 27.7 Å². The van der Waals surface area contributed by atoms with E-state index in [1.165, 1.54) is 20.8 Å². The molecule has 0 aromatic rings. The summed E-state index contributed by atoms with van der Waals surface area (Å²) < 4.78 is 18.0. The Morgan fingerprint density at radius 2 is 1.38 bits per heavy atom. The van der Waals surface area contributed by atoms with Gasteiger partial charge in [0.25, 0.3) is 0 Å². The number of hydrogen-bond donors (Lipinski definition) is 0. The zero-order valence-electron chi connectivity index (χ0n) is 24.7. The first-order chi connectivity index (χ1) is 18.1. The van der Waals surface area contributed by atoms with Crippen molar-refractivity contribution in [1.82, 2.24) is 0 Å². The van der Waals surface area contributed by atoms with Crippen molar-refractivity contribution in [2.75, 3.05) is 0 Å². The summed E-state index contributed by atoms with van der Waals surface area (Å²) in [6.45, 7) is 13.4. The number of esters is 3. The number of hydrogen-bond acceptors (Lipinski definition) is 8. The van der Waals surface area contributed by atoms with Gasteiger partial charge in [-0.3, -0.25) is 14.4 Å². The lowest BCUT2D eigenvalue weighted by atomic mass is 9.37. The molecule has 0 N–H and O–H groups in total. The molecule has 4 rings (SSSR count). The maximum Gasteiger partial charge on any atom is 0.302 e. The summed E-state index contributed by atoms with van der Waals surface area (Å²) in [5.74, 6) is -1.13. The maximum atomic E-state index is 12.5. The van der Waals surface area contributed by atoms with Gasteiger partial charge in [0.1, 0.15) is 18.3 Å². The lowest BCUT2D eigenvalue weighted by molar-refractivity contribution is -0.306. The van der Waals surface area contributed by atoms with Crippen molar-refractivity contribution >= 4 is 23.9 Å². The smallest absolute Gasteiger partial charge is 0.302 e. The van der Waals surface area contributed by atoms with E-state index in [1.807, 2.05) is 0 Å². The van der Waals surface area contributed by atoms with Crippen molar-refractivity contribution in [3.8, 4) is 0 Å². The molecule has 0 saturated heterocycles. The summed E-state index contributed by atoms with van der Waals surface area (Å²) in [6, 6.07) is 0. The molecule has 0 radical (unpaired) electrons. The summed E-state index contributed by atoms with van der Waals surface area (Å²) in [5.41, 5.74) is -0.793. The first kappa shape index (κ1) is 29.9. The Hall–Kier alpha value is -2.12. The van der Waals surface area contributed by atoms with Crippen LogP contribution in [0.5, 0.6) is 0 Å². The molecule has 0 bridgehead atoms. The molecule has 0 aliphatic heterocycles. The SMILES string of the molecule is CC(=O)O[C@@H]1CC[C@@]2(C)[C@@H](C1)C[C@@H](OC(C)=O)[C@@]1(C)C3CCC([C@H](C)CCC(=O)[O-])[C@@]3(C)[C@@H](OC(C)=O)C[C@H]21. The Morgan fingerprint density at radius 3 is 1.95 bits per heavy atom. The van der Waals surface area contributed by atoms with Crippen molar-refractivity contribution in [1.29, 1.82) is 0 Å². The molecule has 4 saturated carbocycles. The van der Waals surface area contributed by atoms with E-state index in [1.54, 1.807) is 0 Å². The van der Waals surface area contributed by atoms with Gasteiger partial charge >= 0.3 is 17.9 Å². The van der Waals surface area contributed by atoms with E-state index in [4.69, 9.17) is 14.2 Å². The number of fused-ring (bicyclic) bond motifs is 5. The predicted molar refractivity (Wildman–Crippen MR) is 141 cm³/mol. The van der Waals surface area contributed by atoms with Crippen LogP contribution in [-0.2, 0) is 33.4 Å². The average molecular weight is 548 g/mol. The quantitative estimate of drug-likeness (QED) is 0.343. The van der Waals surface area contributed by atoms with E-state index >= 15 is 0 Å². The molecule has 0 amide bonds. The predicted octanol–water partition coefficient (Wildman–Crippen LogP) is 4.22. The molecule has 0 aromatic carbocycles. The standard InChI is InChI=1S/C31H48O8/c1-17(8-11-28(35)36)23-9-10-24-30(23,6)27(39-20(4)34)16-25-29(5)13-12-22(37-18(2)32)14-21(29)15-26(31(24,25)7)38-19(3)33/h17,21-27H,8-16H2,1-7H3,(H,35,36)/p-1/t17-,21+,22-,23?,24?,25-,26-,27+,29+,30-,31+/m1/s1. The Kier molecular flexibility index (Phi) is 8.19. The topological polar surface area (TPSA) is 119 Å². The van der Waals surface area contributed by atoms with E-state index in [0.717, 1.165) is 38.5 Å². The molecule has 8 nitrogen and oxygen atoms in total. The molecule has 0 aromatic heterocycles. The minimum Gasteiger partial charge on any atom is -0.550 e. The first-order valence-electron chi connectivity index (χ1n) is 14.8. The van der Waals surface area contributed by atoms with Crippen molar-refractivity contribution in [2.24, 2.45) is 45.8 Å². The van der Waals surface area contributed by atoms with Gasteiger partial charge in [-0.15, -0.1) is 0 Å². The third kappa shape index (κ3) is 5.10. The van der Waals surface area contributed by atoms with E-state index in [-0.39, 0.29) is 88.5 Å². The lowest BCUT2D eigenvalue weighted by Gasteiger charge is -2.68. The summed E-state index contributed by atoms with van der Waals surface area (Å²) in [7, 11) is 0. The van der Waals surface area contributed by atoms with Crippen LogP contribution in [-0.4, -0.2) is 42.2 Å². The fraction of sp³-hybridized carbons (Fsp3) is 0.871. The van der Waals surface area contributed by atoms with Crippen molar-refractivity contribution in [3.63, 3.8) is 0 Å². The Labute approximate surface area is 232 Å². The van der Waals surface area contributed by atoms with Crippen LogP contribution in [0.4, 0.5) is 0 Å². The third-order valence-electron chi connectivity index (χ3n) is 11.9. The Morgan fingerprint density at radius 1 is 0.795 bits per heavy atom. The monoisotopic (exact) mass is 547 g/mol. The number of aliphatic carboxylic acids is 1. The molecule has 2 unspecified atom stereocenters. The zero-order chi connectivity index (χ0) is 28.9. The van der Waals surface area contributed by atoms with Gasteiger partial charge in [0.15, 0.2) is 0 Å². The van der Waals surface area contributed by atoms with Crippen LogP contribution in [0.3, 0.4) is 0 Å². The highest BCUT2D eigenvalue weighted by Crippen LogP contribution is 2.73. The normalized spacial score (nSPS) is 43.7. The molecule has 4 fully saturated rings. The molecule has 8 heteroatoms. The van der Waals surface area contributed by atoms with Crippen molar-refractivity contribution in [3.05, 3.63) is 0 Å². The fourth-order valence-corrected chi connectivity index (χ4v) is 10.3. The fourth-order valence-electron chi connectivity index (χ4n) is 10.3. The first-order valence-corrected chi connectivity index (χ1v) is 14.8. The minimum atomic E-state index is -1.04. The van der Waals surface area contributed by atoms with Crippen molar-refractivity contribution < 1.29 is 38.5 Å². The number of carboxylic acids is 1. The number of carbonyl (C=O) groups excluding carboxylic acids is 4. The molecule has 0 heterocycles. The summed E-state index contributed by atoms with van der Waals surface area (Å²) in [5, 5.41) is 11.3. The molecule has 11 atom stereocenters. The van der Waals surface area contributed by atoms with Crippen LogP contribution in [0.2, 0.25) is 0 Å². The van der Waals surface area contributed by atoms with Crippen LogP contribution in [0.15, 0.2) is 0 Å². The van der Waals surface area contributed by atoms with Gasteiger partial charge in [-0.05, 0) is 92.8 Å². The van der Waals surface area contributed by atoms with E-state index in [9.17, 15) is 24.3 Å². The molecule has 220 valence electrons.